The van der Waals surface area contributed by atoms with Gasteiger partial charge in [-0.3, -0.25) is 0 Å². The van der Waals surface area contributed by atoms with Gasteiger partial charge in [0.1, 0.15) is 0 Å². The number of carboxylic acids is 1. The van der Waals surface area contributed by atoms with Crippen molar-refractivity contribution in [3.05, 3.63) is 41.3 Å². The average Bonchev–Trinajstić information content (AvgIpc) is 2.85. The minimum Gasteiger partial charge on any atom is -0.478 e. The number of anilines is 1. The Labute approximate surface area is 116 Å². The molecule has 6 heteroatoms. The van der Waals surface area contributed by atoms with E-state index in [-0.39, 0.29) is 11.0 Å². The molecule has 1 heterocycles. The van der Waals surface area contributed by atoms with Crippen molar-refractivity contribution in [2.45, 2.75) is 32.7 Å². The SMILES string of the molecule is CC(C)(C)c1nc(NCc2ccc(C(=O)O)cc2)no1. The lowest BCUT2D eigenvalue weighted by molar-refractivity contribution is 0.0697. The number of hydrogen-bond acceptors (Lipinski definition) is 5. The summed E-state index contributed by atoms with van der Waals surface area (Å²) >= 11 is 0. The molecular weight excluding hydrogens is 258 g/mol. The molecule has 0 bridgehead atoms. The summed E-state index contributed by atoms with van der Waals surface area (Å²) in [6.07, 6.45) is 0. The highest BCUT2D eigenvalue weighted by molar-refractivity contribution is 5.87. The van der Waals surface area contributed by atoms with E-state index in [2.05, 4.69) is 15.5 Å². The summed E-state index contributed by atoms with van der Waals surface area (Å²) in [6, 6.07) is 6.63. The van der Waals surface area contributed by atoms with Gasteiger partial charge < -0.3 is 14.9 Å². The van der Waals surface area contributed by atoms with E-state index in [0.29, 0.717) is 18.4 Å². The predicted molar refractivity (Wildman–Crippen MR) is 73.7 cm³/mol. The molecule has 0 aliphatic carbocycles. The molecule has 20 heavy (non-hydrogen) atoms. The number of carbonyl (C=O) groups is 1. The number of rotatable bonds is 4. The van der Waals surface area contributed by atoms with Gasteiger partial charge in [-0.1, -0.05) is 32.9 Å². The molecule has 6 nitrogen and oxygen atoms in total. The lowest BCUT2D eigenvalue weighted by atomic mass is 9.97. The summed E-state index contributed by atoms with van der Waals surface area (Å²) in [6.45, 7) is 6.49. The summed E-state index contributed by atoms with van der Waals surface area (Å²) in [5.74, 6) is 0.0657. The Hall–Kier alpha value is -2.37. The molecule has 0 saturated heterocycles. The molecule has 2 rings (SSSR count). The topological polar surface area (TPSA) is 88.2 Å². The zero-order valence-corrected chi connectivity index (χ0v) is 11.7. The molecule has 0 atom stereocenters. The molecule has 2 N–H and O–H groups in total. The van der Waals surface area contributed by atoms with Gasteiger partial charge in [-0.15, -0.1) is 0 Å². The number of benzene rings is 1. The van der Waals surface area contributed by atoms with Gasteiger partial charge in [-0.2, -0.15) is 4.98 Å². The van der Waals surface area contributed by atoms with Crippen LogP contribution in [0.1, 0.15) is 42.6 Å². The first-order chi connectivity index (χ1) is 9.36. The van der Waals surface area contributed by atoms with Gasteiger partial charge in [-0.25, -0.2) is 4.79 Å². The third-order valence-electron chi connectivity index (χ3n) is 2.72. The summed E-state index contributed by atoms with van der Waals surface area (Å²) in [5.41, 5.74) is 1.02. The molecule has 0 fully saturated rings. The van der Waals surface area contributed by atoms with Crippen LogP contribution in [-0.4, -0.2) is 21.2 Å². The molecular formula is C14H17N3O3. The highest BCUT2D eigenvalue weighted by Crippen LogP contribution is 2.21. The van der Waals surface area contributed by atoms with Crippen LogP contribution < -0.4 is 5.32 Å². The summed E-state index contributed by atoms with van der Waals surface area (Å²) in [4.78, 5) is 15.0. The quantitative estimate of drug-likeness (QED) is 0.891. The fourth-order valence-corrected chi connectivity index (χ4v) is 1.55. The molecule has 0 spiro atoms. The number of carboxylic acid groups (broad SMARTS) is 1. The zero-order chi connectivity index (χ0) is 14.8. The van der Waals surface area contributed by atoms with Crippen LogP contribution in [0.3, 0.4) is 0 Å². The van der Waals surface area contributed by atoms with Crippen molar-refractivity contribution in [2.75, 3.05) is 5.32 Å². The highest BCUT2D eigenvalue weighted by atomic mass is 16.5. The van der Waals surface area contributed by atoms with Crippen LogP contribution in [0.15, 0.2) is 28.8 Å². The zero-order valence-electron chi connectivity index (χ0n) is 11.7. The van der Waals surface area contributed by atoms with Crippen LogP contribution in [0.2, 0.25) is 0 Å². The Morgan fingerprint density at radius 2 is 1.95 bits per heavy atom. The van der Waals surface area contributed by atoms with Crippen molar-refractivity contribution >= 4 is 11.9 Å². The van der Waals surface area contributed by atoms with E-state index in [4.69, 9.17) is 9.63 Å². The Kier molecular flexibility index (Phi) is 3.74. The van der Waals surface area contributed by atoms with E-state index >= 15 is 0 Å². The van der Waals surface area contributed by atoms with Crippen LogP contribution in [0.4, 0.5) is 5.95 Å². The molecule has 0 saturated carbocycles. The maximum atomic E-state index is 10.7. The normalized spacial score (nSPS) is 11.3. The molecule has 0 unspecified atom stereocenters. The largest absolute Gasteiger partial charge is 0.478 e. The van der Waals surface area contributed by atoms with Crippen LogP contribution in [0, 0.1) is 0 Å². The monoisotopic (exact) mass is 275 g/mol. The second kappa shape index (κ2) is 5.32. The Morgan fingerprint density at radius 1 is 1.30 bits per heavy atom. The first kappa shape index (κ1) is 14.0. The molecule has 2 aromatic rings. The second-order valence-corrected chi connectivity index (χ2v) is 5.53. The van der Waals surface area contributed by atoms with Crippen molar-refractivity contribution in [3.8, 4) is 0 Å². The van der Waals surface area contributed by atoms with Gasteiger partial charge >= 0.3 is 5.97 Å². The number of nitrogens with one attached hydrogen (secondary N) is 1. The summed E-state index contributed by atoms with van der Waals surface area (Å²) in [7, 11) is 0. The highest BCUT2D eigenvalue weighted by Gasteiger charge is 2.21. The molecule has 0 amide bonds. The van der Waals surface area contributed by atoms with E-state index in [1.54, 1.807) is 24.3 Å². The van der Waals surface area contributed by atoms with Crippen LogP contribution in [-0.2, 0) is 12.0 Å². The Balaban J connectivity index is 1.98. The van der Waals surface area contributed by atoms with Gasteiger partial charge in [0.25, 0.3) is 5.95 Å². The van der Waals surface area contributed by atoms with Crippen molar-refractivity contribution < 1.29 is 14.4 Å². The summed E-state index contributed by atoms with van der Waals surface area (Å²) in [5, 5.41) is 15.7. The molecule has 106 valence electrons. The van der Waals surface area contributed by atoms with Crippen LogP contribution in [0.25, 0.3) is 0 Å². The maximum absolute atomic E-state index is 10.7. The fourth-order valence-electron chi connectivity index (χ4n) is 1.55. The average molecular weight is 275 g/mol. The number of aromatic nitrogens is 2. The van der Waals surface area contributed by atoms with Crippen LogP contribution >= 0.6 is 0 Å². The Bertz CT molecular complexity index is 597. The van der Waals surface area contributed by atoms with Gasteiger partial charge in [0.2, 0.25) is 5.89 Å². The minimum atomic E-state index is -0.933. The molecule has 0 radical (unpaired) electrons. The lowest BCUT2D eigenvalue weighted by Crippen LogP contribution is -2.11. The molecule has 1 aromatic heterocycles. The number of hydrogen-bond donors (Lipinski definition) is 2. The molecule has 0 aliphatic rings. The predicted octanol–water partition coefficient (Wildman–Crippen LogP) is 2.68. The lowest BCUT2D eigenvalue weighted by Gasteiger charge is -2.10. The first-order valence-corrected chi connectivity index (χ1v) is 6.26. The summed E-state index contributed by atoms with van der Waals surface area (Å²) < 4.78 is 5.17. The van der Waals surface area contributed by atoms with Gasteiger partial charge in [0, 0.05) is 12.0 Å². The van der Waals surface area contributed by atoms with Crippen molar-refractivity contribution in [1.82, 2.24) is 10.1 Å². The van der Waals surface area contributed by atoms with E-state index in [0.717, 1.165) is 5.56 Å². The van der Waals surface area contributed by atoms with Crippen molar-refractivity contribution in [1.29, 1.82) is 0 Å². The van der Waals surface area contributed by atoms with Crippen molar-refractivity contribution in [3.63, 3.8) is 0 Å². The number of nitrogens with zero attached hydrogens (tertiary/aromatic N) is 2. The van der Waals surface area contributed by atoms with Crippen LogP contribution in [0.5, 0.6) is 0 Å². The standard InChI is InChI=1S/C14H17N3O3/c1-14(2,3)12-16-13(17-20-12)15-8-9-4-6-10(7-5-9)11(18)19/h4-7H,8H2,1-3H3,(H,15,17)(H,18,19). The molecule has 0 aliphatic heterocycles. The third-order valence-corrected chi connectivity index (χ3v) is 2.72. The fraction of sp³-hybridized carbons (Fsp3) is 0.357. The van der Waals surface area contributed by atoms with E-state index in [1.807, 2.05) is 20.8 Å². The van der Waals surface area contributed by atoms with Gasteiger partial charge in [0.15, 0.2) is 0 Å². The third kappa shape index (κ3) is 3.34. The van der Waals surface area contributed by atoms with E-state index < -0.39 is 5.97 Å². The number of aromatic carboxylic acids is 1. The smallest absolute Gasteiger partial charge is 0.335 e. The second-order valence-electron chi connectivity index (χ2n) is 5.53. The first-order valence-electron chi connectivity index (χ1n) is 6.26. The minimum absolute atomic E-state index is 0.184. The Morgan fingerprint density at radius 3 is 2.45 bits per heavy atom. The van der Waals surface area contributed by atoms with Gasteiger partial charge in [-0.05, 0) is 22.9 Å². The van der Waals surface area contributed by atoms with Gasteiger partial charge in [0.05, 0.1) is 5.56 Å². The van der Waals surface area contributed by atoms with E-state index in [1.165, 1.54) is 0 Å². The van der Waals surface area contributed by atoms with Crippen molar-refractivity contribution in [2.24, 2.45) is 0 Å². The molecule has 1 aromatic carbocycles. The maximum Gasteiger partial charge on any atom is 0.335 e. The van der Waals surface area contributed by atoms with E-state index in [9.17, 15) is 4.79 Å².